The lowest BCUT2D eigenvalue weighted by molar-refractivity contribution is 0.281. The molecule has 0 spiro atoms. The molecule has 146 valence electrons. The third kappa shape index (κ3) is 3.89. The minimum absolute atomic E-state index is 0.132. The SMILES string of the molecule is Cc1c(-c2ccc(C#N)cc2)c(C#N)c(C(C)C)n1Cc1cnc(Cl)c(CO)c1. The summed E-state index contributed by atoms with van der Waals surface area (Å²) in [6.45, 7) is 6.46. The second kappa shape index (κ2) is 8.49. The largest absolute Gasteiger partial charge is 0.392 e. The van der Waals surface area contributed by atoms with Crippen LogP contribution in [-0.4, -0.2) is 14.7 Å². The number of hydrogen-bond donors (Lipinski definition) is 1. The van der Waals surface area contributed by atoms with Crippen molar-refractivity contribution in [3.63, 3.8) is 0 Å². The van der Waals surface area contributed by atoms with E-state index in [0.717, 1.165) is 28.1 Å². The molecule has 0 unspecified atom stereocenters. The maximum Gasteiger partial charge on any atom is 0.134 e. The van der Waals surface area contributed by atoms with Crippen LogP contribution in [0.5, 0.6) is 0 Å². The molecule has 3 aromatic rings. The highest BCUT2D eigenvalue weighted by molar-refractivity contribution is 6.30. The quantitative estimate of drug-likeness (QED) is 0.611. The third-order valence-corrected chi connectivity index (χ3v) is 5.34. The van der Waals surface area contributed by atoms with Crippen molar-refractivity contribution in [3.05, 3.63) is 75.3 Å². The summed E-state index contributed by atoms with van der Waals surface area (Å²) in [5.74, 6) is 0.132. The topological polar surface area (TPSA) is 85.6 Å². The summed E-state index contributed by atoms with van der Waals surface area (Å²) in [5.41, 5.74) is 6.40. The van der Waals surface area contributed by atoms with Crippen molar-refractivity contribution >= 4 is 11.6 Å². The fourth-order valence-corrected chi connectivity index (χ4v) is 3.83. The predicted octanol–water partition coefficient (Wildman–Crippen LogP) is 4.92. The molecule has 0 aliphatic carbocycles. The molecule has 0 bridgehead atoms. The molecular formula is C23H21ClN4O. The van der Waals surface area contributed by atoms with E-state index < -0.39 is 0 Å². The molecule has 0 aliphatic heterocycles. The summed E-state index contributed by atoms with van der Waals surface area (Å²) in [6.07, 6.45) is 1.69. The molecule has 0 radical (unpaired) electrons. The van der Waals surface area contributed by atoms with E-state index in [4.69, 9.17) is 16.9 Å². The van der Waals surface area contributed by atoms with Crippen LogP contribution in [-0.2, 0) is 13.2 Å². The number of benzene rings is 1. The molecule has 1 N–H and O–H groups in total. The Hall–Kier alpha value is -3.12. The van der Waals surface area contributed by atoms with Crippen LogP contribution < -0.4 is 0 Å². The van der Waals surface area contributed by atoms with Gasteiger partial charge in [-0.25, -0.2) is 4.98 Å². The highest BCUT2D eigenvalue weighted by Crippen LogP contribution is 2.36. The molecule has 0 saturated carbocycles. The lowest BCUT2D eigenvalue weighted by Gasteiger charge is -2.15. The molecule has 6 heteroatoms. The Balaban J connectivity index is 2.18. The maximum atomic E-state index is 9.95. The summed E-state index contributed by atoms with van der Waals surface area (Å²) in [7, 11) is 0. The van der Waals surface area contributed by atoms with E-state index in [1.165, 1.54) is 0 Å². The molecule has 2 aromatic heterocycles. The molecule has 3 rings (SSSR count). The van der Waals surface area contributed by atoms with Crippen LogP contribution in [0.15, 0.2) is 36.5 Å². The number of aliphatic hydroxyl groups excluding tert-OH is 1. The summed E-state index contributed by atoms with van der Waals surface area (Å²) < 4.78 is 2.13. The lowest BCUT2D eigenvalue weighted by Crippen LogP contribution is -2.09. The zero-order valence-electron chi connectivity index (χ0n) is 16.6. The minimum atomic E-state index is -0.179. The second-order valence-corrected chi connectivity index (χ2v) is 7.57. The minimum Gasteiger partial charge on any atom is -0.392 e. The highest BCUT2D eigenvalue weighted by atomic mass is 35.5. The van der Waals surface area contributed by atoms with E-state index in [1.807, 2.05) is 25.1 Å². The zero-order chi connectivity index (χ0) is 21.1. The Labute approximate surface area is 175 Å². The Kier molecular flexibility index (Phi) is 6.03. The van der Waals surface area contributed by atoms with Crippen molar-refractivity contribution in [1.29, 1.82) is 10.5 Å². The van der Waals surface area contributed by atoms with Crippen molar-refractivity contribution in [2.45, 2.75) is 39.8 Å². The molecule has 0 aliphatic rings. The fraction of sp³-hybridized carbons (Fsp3) is 0.261. The number of halogens is 1. The van der Waals surface area contributed by atoms with E-state index in [1.54, 1.807) is 18.3 Å². The van der Waals surface area contributed by atoms with Crippen LogP contribution in [0.3, 0.4) is 0 Å². The third-order valence-electron chi connectivity index (χ3n) is 5.00. The van der Waals surface area contributed by atoms with Crippen molar-refractivity contribution in [1.82, 2.24) is 9.55 Å². The average Bonchev–Trinajstić information content (AvgIpc) is 3.01. The monoisotopic (exact) mass is 404 g/mol. The number of nitriles is 2. The van der Waals surface area contributed by atoms with Crippen LogP contribution in [0, 0.1) is 29.6 Å². The van der Waals surface area contributed by atoms with Gasteiger partial charge in [0.15, 0.2) is 0 Å². The van der Waals surface area contributed by atoms with Crippen molar-refractivity contribution in [2.24, 2.45) is 0 Å². The first-order valence-corrected chi connectivity index (χ1v) is 9.66. The van der Waals surface area contributed by atoms with E-state index in [2.05, 4.69) is 35.5 Å². The fourth-order valence-electron chi connectivity index (χ4n) is 3.66. The maximum absolute atomic E-state index is 9.95. The Morgan fingerprint density at radius 1 is 1.17 bits per heavy atom. The average molecular weight is 405 g/mol. The van der Waals surface area contributed by atoms with Crippen LogP contribution in [0.2, 0.25) is 5.15 Å². The molecule has 0 atom stereocenters. The van der Waals surface area contributed by atoms with Crippen molar-refractivity contribution in [3.8, 4) is 23.3 Å². The van der Waals surface area contributed by atoms with Gasteiger partial charge < -0.3 is 9.67 Å². The van der Waals surface area contributed by atoms with E-state index >= 15 is 0 Å². The second-order valence-electron chi connectivity index (χ2n) is 7.21. The van der Waals surface area contributed by atoms with Crippen molar-refractivity contribution < 1.29 is 5.11 Å². The van der Waals surface area contributed by atoms with Gasteiger partial charge in [-0.05, 0) is 42.2 Å². The highest BCUT2D eigenvalue weighted by Gasteiger charge is 2.23. The smallest absolute Gasteiger partial charge is 0.134 e. The number of aliphatic hydroxyl groups is 1. The lowest BCUT2D eigenvalue weighted by atomic mass is 9.97. The summed E-state index contributed by atoms with van der Waals surface area (Å²) in [4.78, 5) is 4.17. The van der Waals surface area contributed by atoms with Gasteiger partial charge in [-0.1, -0.05) is 37.6 Å². The van der Waals surface area contributed by atoms with Gasteiger partial charge in [-0.2, -0.15) is 10.5 Å². The van der Waals surface area contributed by atoms with Gasteiger partial charge in [-0.3, -0.25) is 0 Å². The standard InChI is InChI=1S/C23H21ClN4O/c1-14(2)22-20(10-26)21(18-6-4-16(9-25)5-7-18)15(3)28(22)12-17-8-19(13-29)23(24)27-11-17/h4-8,11,14,29H,12-13H2,1-3H3. The van der Waals surface area contributed by atoms with Crippen molar-refractivity contribution in [2.75, 3.05) is 0 Å². The van der Waals surface area contributed by atoms with Gasteiger partial charge in [0.1, 0.15) is 11.2 Å². The molecule has 0 amide bonds. The number of rotatable bonds is 5. The zero-order valence-corrected chi connectivity index (χ0v) is 17.3. The number of hydrogen-bond acceptors (Lipinski definition) is 4. The van der Waals surface area contributed by atoms with Crippen LogP contribution in [0.25, 0.3) is 11.1 Å². The van der Waals surface area contributed by atoms with Gasteiger partial charge in [0, 0.05) is 35.3 Å². The number of nitrogens with zero attached hydrogens (tertiary/aromatic N) is 4. The normalized spacial score (nSPS) is 10.8. The van der Waals surface area contributed by atoms with Gasteiger partial charge in [0.2, 0.25) is 0 Å². The Morgan fingerprint density at radius 2 is 1.86 bits per heavy atom. The molecule has 29 heavy (non-hydrogen) atoms. The Morgan fingerprint density at radius 3 is 2.41 bits per heavy atom. The summed E-state index contributed by atoms with van der Waals surface area (Å²) in [5, 5.41) is 28.8. The van der Waals surface area contributed by atoms with Crippen LogP contribution in [0.1, 0.15) is 53.4 Å². The van der Waals surface area contributed by atoms with E-state index in [9.17, 15) is 10.4 Å². The van der Waals surface area contributed by atoms with Crippen LogP contribution >= 0.6 is 11.6 Å². The van der Waals surface area contributed by atoms with Crippen LogP contribution in [0.4, 0.5) is 0 Å². The molecule has 0 fully saturated rings. The molecule has 1 aromatic carbocycles. The number of aromatic nitrogens is 2. The van der Waals surface area contributed by atoms with E-state index in [-0.39, 0.29) is 12.5 Å². The molecule has 0 saturated heterocycles. The predicted molar refractivity (Wildman–Crippen MR) is 112 cm³/mol. The van der Waals surface area contributed by atoms with Gasteiger partial charge in [0.05, 0.1) is 23.8 Å². The first-order valence-electron chi connectivity index (χ1n) is 9.29. The molecule has 2 heterocycles. The number of pyridine rings is 1. The van der Waals surface area contributed by atoms with Gasteiger partial charge in [-0.15, -0.1) is 0 Å². The molecular weight excluding hydrogens is 384 g/mol. The summed E-state index contributed by atoms with van der Waals surface area (Å²) >= 11 is 6.02. The first-order chi connectivity index (χ1) is 13.9. The van der Waals surface area contributed by atoms with Gasteiger partial charge in [0.25, 0.3) is 0 Å². The summed E-state index contributed by atoms with van der Waals surface area (Å²) in [6, 6.07) is 13.6. The first kappa shape index (κ1) is 20.6. The molecule has 5 nitrogen and oxygen atoms in total. The Bertz CT molecular complexity index is 1130. The van der Waals surface area contributed by atoms with E-state index in [0.29, 0.717) is 28.4 Å². The van der Waals surface area contributed by atoms with Gasteiger partial charge >= 0.3 is 0 Å².